The van der Waals surface area contributed by atoms with Crippen molar-refractivity contribution in [2.45, 2.75) is 13.8 Å². The minimum atomic E-state index is -0.344. The summed E-state index contributed by atoms with van der Waals surface area (Å²) in [5.41, 5.74) is 4.66. The van der Waals surface area contributed by atoms with Gasteiger partial charge in [-0.2, -0.15) is 0 Å². The first kappa shape index (κ1) is 31.2. The molecule has 7 nitrogen and oxygen atoms in total. The van der Waals surface area contributed by atoms with E-state index in [0.29, 0.717) is 27.9 Å². The molecule has 9 rings (SSSR count). The third-order valence-corrected chi connectivity index (χ3v) is 9.91. The van der Waals surface area contributed by atoms with Gasteiger partial charge >= 0.3 is 5.63 Å². The molecule has 244 valence electrons. The predicted molar refractivity (Wildman–Crippen MR) is 205 cm³/mol. The first-order valence-electron chi connectivity index (χ1n) is 16.6. The summed E-state index contributed by atoms with van der Waals surface area (Å²) in [6, 6.07) is 44.4. The average Bonchev–Trinajstić information content (AvgIpc) is 3.83. The van der Waals surface area contributed by atoms with Crippen molar-refractivity contribution < 1.29 is 8.83 Å². The van der Waals surface area contributed by atoms with Gasteiger partial charge in [0.1, 0.15) is 10.6 Å². The molecule has 0 amide bonds. The number of thiazole rings is 1. The highest BCUT2D eigenvalue weighted by Gasteiger charge is 2.16. The second-order valence-electron chi connectivity index (χ2n) is 11.8. The van der Waals surface area contributed by atoms with Crippen molar-refractivity contribution in [1.29, 1.82) is 0 Å². The molecule has 8 heteroatoms. The largest absolute Gasteiger partial charge is 0.422 e. The van der Waals surface area contributed by atoms with Crippen molar-refractivity contribution in [2.75, 3.05) is 18.0 Å². The van der Waals surface area contributed by atoms with Crippen LogP contribution in [0, 0.1) is 0 Å². The molecule has 0 fully saturated rings. The molecule has 50 heavy (non-hydrogen) atoms. The molecule has 0 spiro atoms. The normalized spacial score (nSPS) is 11.2. The van der Waals surface area contributed by atoms with E-state index in [1.54, 1.807) is 0 Å². The maximum absolute atomic E-state index is 12.5. The molecule has 0 N–H and O–H groups in total. The zero-order valence-electron chi connectivity index (χ0n) is 27.5. The molecule has 0 radical (unpaired) electrons. The lowest BCUT2D eigenvalue weighted by Gasteiger charge is -2.20. The van der Waals surface area contributed by atoms with Gasteiger partial charge in [-0.05, 0) is 77.9 Å². The molecule has 0 bridgehead atoms. The summed E-state index contributed by atoms with van der Waals surface area (Å²) in [5, 5.41) is 14.7. The van der Waals surface area contributed by atoms with Gasteiger partial charge in [-0.1, -0.05) is 84.9 Å². The fraction of sp³-hybridized carbons (Fsp3) is 0.0952. The molecule has 0 aliphatic heterocycles. The molecule has 0 unspecified atom stereocenters. The Morgan fingerprint density at radius 2 is 1.20 bits per heavy atom. The lowest BCUT2D eigenvalue weighted by molar-refractivity contribution is 0.563. The van der Waals surface area contributed by atoms with Gasteiger partial charge < -0.3 is 13.7 Å². The van der Waals surface area contributed by atoms with E-state index in [4.69, 9.17) is 8.83 Å². The Bertz CT molecular complexity index is 2550. The summed E-state index contributed by atoms with van der Waals surface area (Å²) in [6.07, 6.45) is 0. The molecule has 0 atom stereocenters. The van der Waals surface area contributed by atoms with E-state index in [1.165, 1.54) is 11.3 Å². The number of aromatic nitrogens is 3. The van der Waals surface area contributed by atoms with Crippen molar-refractivity contribution in [3.8, 4) is 33.5 Å². The number of hydrogen-bond acceptors (Lipinski definition) is 8. The molecular formula is C42H32N4O3S. The van der Waals surface area contributed by atoms with Crippen LogP contribution < -0.4 is 10.5 Å². The van der Waals surface area contributed by atoms with E-state index in [9.17, 15) is 4.79 Å². The Hall–Kier alpha value is -6.12. The molecule has 6 aromatic carbocycles. The SMILES string of the molecule is CCN(CC)c1ccc2cc(-c3nc4ccccc4s3)c(=O)oc2c1.c1ccc2c(-c3nnc(-c4cccc5ccccc45)o3)cccc2c1. The number of nitrogens with zero attached hydrogens (tertiary/aromatic N) is 4. The first-order chi connectivity index (χ1) is 24.6. The Labute approximate surface area is 292 Å². The minimum absolute atomic E-state index is 0.344. The van der Waals surface area contributed by atoms with Gasteiger partial charge in [0.05, 0.1) is 15.8 Å². The molecule has 0 aliphatic carbocycles. The summed E-state index contributed by atoms with van der Waals surface area (Å²) in [7, 11) is 0. The predicted octanol–water partition coefficient (Wildman–Crippen LogP) is 10.6. The van der Waals surface area contributed by atoms with Gasteiger partial charge in [0.2, 0.25) is 11.8 Å². The standard InChI is InChI=1S/C22H14N2O.C20H18N2O2S/c1-3-11-17-15(7-1)9-5-13-19(17)21-23-24-22(25-21)20-14-6-10-16-8-2-4-12-18(16)20;1-3-22(4-2)14-10-9-13-11-15(20(23)24-17(13)12-14)19-21-16-7-5-6-8-18(16)25-19/h1-14H;5-12H,3-4H2,1-2H3. The number of fused-ring (bicyclic) bond motifs is 4. The molecule has 3 aromatic heterocycles. The van der Waals surface area contributed by atoms with Crippen LogP contribution in [0.2, 0.25) is 0 Å². The van der Waals surface area contributed by atoms with Crippen LogP contribution in [0.25, 0.3) is 76.2 Å². The Morgan fingerprint density at radius 3 is 1.84 bits per heavy atom. The minimum Gasteiger partial charge on any atom is -0.422 e. The third-order valence-electron chi connectivity index (χ3n) is 8.84. The molecule has 0 saturated heterocycles. The van der Waals surface area contributed by atoms with Crippen molar-refractivity contribution in [1.82, 2.24) is 15.2 Å². The topological polar surface area (TPSA) is 85.3 Å². The zero-order valence-corrected chi connectivity index (χ0v) is 28.4. The van der Waals surface area contributed by atoms with E-state index in [2.05, 4.69) is 76.4 Å². The quantitative estimate of drug-likeness (QED) is 0.163. The highest BCUT2D eigenvalue weighted by molar-refractivity contribution is 7.21. The molecule has 0 saturated carbocycles. The van der Waals surface area contributed by atoms with E-state index in [0.717, 1.165) is 67.1 Å². The van der Waals surface area contributed by atoms with Crippen LogP contribution in [0.15, 0.2) is 147 Å². The number of rotatable bonds is 6. The number of anilines is 1. The van der Waals surface area contributed by atoms with E-state index < -0.39 is 0 Å². The van der Waals surface area contributed by atoms with Crippen LogP contribution in [0.5, 0.6) is 0 Å². The third kappa shape index (κ3) is 5.90. The van der Waals surface area contributed by atoms with Crippen LogP contribution in [0.4, 0.5) is 5.69 Å². The van der Waals surface area contributed by atoms with Crippen molar-refractivity contribution >= 4 is 59.8 Å². The zero-order chi connectivity index (χ0) is 34.0. The summed E-state index contributed by atoms with van der Waals surface area (Å²) in [4.78, 5) is 19.3. The van der Waals surface area contributed by atoms with Gasteiger partial charge in [0.15, 0.2) is 0 Å². The maximum atomic E-state index is 12.5. The van der Waals surface area contributed by atoms with Gasteiger partial charge in [-0.3, -0.25) is 0 Å². The molecule has 0 aliphatic rings. The van der Waals surface area contributed by atoms with Crippen molar-refractivity contribution in [3.63, 3.8) is 0 Å². The van der Waals surface area contributed by atoms with E-state index >= 15 is 0 Å². The molecule has 9 aromatic rings. The average molecular weight is 673 g/mol. The Morgan fingerprint density at radius 1 is 0.600 bits per heavy atom. The smallest absolute Gasteiger partial charge is 0.346 e. The lowest BCUT2D eigenvalue weighted by Crippen LogP contribution is -2.21. The highest BCUT2D eigenvalue weighted by atomic mass is 32.1. The van der Waals surface area contributed by atoms with Crippen molar-refractivity contribution in [2.24, 2.45) is 0 Å². The van der Waals surface area contributed by atoms with Gasteiger partial charge in [-0.25, -0.2) is 9.78 Å². The fourth-order valence-corrected chi connectivity index (χ4v) is 7.26. The second kappa shape index (κ2) is 13.4. The van der Waals surface area contributed by atoms with Crippen LogP contribution in [0.3, 0.4) is 0 Å². The van der Waals surface area contributed by atoms with Crippen LogP contribution >= 0.6 is 11.3 Å². The van der Waals surface area contributed by atoms with Gasteiger partial charge in [-0.15, -0.1) is 21.5 Å². The summed E-state index contributed by atoms with van der Waals surface area (Å²) < 4.78 is 12.7. The first-order valence-corrected chi connectivity index (χ1v) is 17.4. The molecular weight excluding hydrogens is 641 g/mol. The van der Waals surface area contributed by atoms with E-state index in [-0.39, 0.29) is 5.63 Å². The lowest BCUT2D eigenvalue weighted by atomic mass is 10.0. The van der Waals surface area contributed by atoms with E-state index in [1.807, 2.05) is 91.0 Å². The Kier molecular flexibility index (Phi) is 8.36. The highest BCUT2D eigenvalue weighted by Crippen LogP contribution is 2.33. The number of para-hydroxylation sites is 1. The number of hydrogen-bond donors (Lipinski definition) is 0. The monoisotopic (exact) mass is 672 g/mol. The maximum Gasteiger partial charge on any atom is 0.346 e. The van der Waals surface area contributed by atoms with Crippen LogP contribution in [-0.4, -0.2) is 28.3 Å². The second-order valence-corrected chi connectivity index (χ2v) is 12.8. The molecule has 3 heterocycles. The van der Waals surface area contributed by atoms with Gasteiger partial charge in [0.25, 0.3) is 0 Å². The van der Waals surface area contributed by atoms with Crippen LogP contribution in [0.1, 0.15) is 13.8 Å². The summed E-state index contributed by atoms with van der Waals surface area (Å²) >= 11 is 1.51. The van der Waals surface area contributed by atoms with Crippen LogP contribution in [-0.2, 0) is 0 Å². The fourth-order valence-electron chi connectivity index (χ4n) is 6.29. The Balaban J connectivity index is 0.000000144. The summed E-state index contributed by atoms with van der Waals surface area (Å²) in [5.74, 6) is 1.08. The van der Waals surface area contributed by atoms with Crippen molar-refractivity contribution in [3.05, 3.63) is 144 Å². The number of benzene rings is 6. The van der Waals surface area contributed by atoms with Gasteiger partial charge in [0, 0.05) is 41.4 Å². The summed E-state index contributed by atoms with van der Waals surface area (Å²) in [6.45, 7) is 6.05.